The molecule has 2 aromatic carbocycles. The van der Waals surface area contributed by atoms with Gasteiger partial charge in [0.05, 0.1) is 11.0 Å². The highest BCUT2D eigenvalue weighted by Gasteiger charge is 2.06. The molecular weight excluding hydrogens is 358 g/mol. The number of alkyl carbamates (subject to hydrolysis) is 1. The van der Waals surface area contributed by atoms with Gasteiger partial charge < -0.3 is 15.2 Å². The molecule has 0 radical (unpaired) electrons. The molecule has 2 rings (SSSR count). The van der Waals surface area contributed by atoms with Crippen LogP contribution in [0.1, 0.15) is 18.1 Å². The number of hydrogen-bond donors (Lipinski definition) is 3. The van der Waals surface area contributed by atoms with Crippen LogP contribution in [0.25, 0.3) is 0 Å². The molecule has 1 atom stereocenters. The SMILES string of the molecule is C[C@@H](O)CNC(=O)OCc1ccccc1.Cc1ccc(S(=O)(=O)O)cc1. The molecule has 0 spiro atoms. The van der Waals surface area contributed by atoms with E-state index in [-0.39, 0.29) is 18.0 Å². The second-order valence-electron chi connectivity index (χ2n) is 5.58. The topological polar surface area (TPSA) is 113 Å². The lowest BCUT2D eigenvalue weighted by Gasteiger charge is -2.08. The molecule has 142 valence electrons. The molecule has 26 heavy (non-hydrogen) atoms. The van der Waals surface area contributed by atoms with E-state index in [1.165, 1.54) is 12.1 Å². The van der Waals surface area contributed by atoms with E-state index in [9.17, 15) is 13.2 Å². The van der Waals surface area contributed by atoms with Gasteiger partial charge in [-0.1, -0.05) is 48.0 Å². The monoisotopic (exact) mass is 381 g/mol. The Kier molecular flexibility index (Phi) is 8.77. The second kappa shape index (κ2) is 10.5. The summed E-state index contributed by atoms with van der Waals surface area (Å²) in [5.41, 5.74) is 1.89. The van der Waals surface area contributed by atoms with Crippen LogP contribution in [0.15, 0.2) is 59.5 Å². The summed E-state index contributed by atoms with van der Waals surface area (Å²) in [6.45, 7) is 3.88. The van der Waals surface area contributed by atoms with E-state index in [4.69, 9.17) is 14.4 Å². The Labute approximate surface area is 153 Å². The highest BCUT2D eigenvalue weighted by Crippen LogP contribution is 2.08. The molecule has 0 heterocycles. The molecular formula is C18H23NO6S. The van der Waals surface area contributed by atoms with Crippen molar-refractivity contribution in [1.82, 2.24) is 5.32 Å². The predicted molar refractivity (Wildman–Crippen MR) is 97.3 cm³/mol. The lowest BCUT2D eigenvalue weighted by atomic mass is 10.2. The number of rotatable bonds is 5. The highest BCUT2D eigenvalue weighted by atomic mass is 32.2. The Morgan fingerprint density at radius 1 is 1.12 bits per heavy atom. The largest absolute Gasteiger partial charge is 0.445 e. The fraction of sp³-hybridized carbons (Fsp3) is 0.278. The minimum absolute atomic E-state index is 0.0666. The second-order valence-corrected chi connectivity index (χ2v) is 7.00. The number of benzene rings is 2. The normalized spacial score (nSPS) is 11.7. The van der Waals surface area contributed by atoms with E-state index >= 15 is 0 Å². The van der Waals surface area contributed by atoms with Gasteiger partial charge in [-0.15, -0.1) is 0 Å². The molecule has 0 aromatic heterocycles. The molecule has 3 N–H and O–H groups in total. The van der Waals surface area contributed by atoms with Gasteiger partial charge in [0.2, 0.25) is 0 Å². The third-order valence-electron chi connectivity index (χ3n) is 3.07. The number of aryl methyl sites for hydroxylation is 1. The maximum atomic E-state index is 11.1. The zero-order valence-electron chi connectivity index (χ0n) is 14.6. The molecule has 0 aliphatic carbocycles. The van der Waals surface area contributed by atoms with E-state index in [1.807, 2.05) is 37.3 Å². The number of carbonyl (C=O) groups is 1. The molecule has 0 aliphatic rings. The van der Waals surface area contributed by atoms with Gasteiger partial charge in [0.25, 0.3) is 10.1 Å². The van der Waals surface area contributed by atoms with Crippen molar-refractivity contribution in [3.8, 4) is 0 Å². The summed E-state index contributed by atoms with van der Waals surface area (Å²) in [6, 6.07) is 15.4. The summed E-state index contributed by atoms with van der Waals surface area (Å²) in [6.07, 6.45) is -1.07. The zero-order chi connectivity index (χ0) is 19.6. The first-order valence-corrected chi connectivity index (χ1v) is 9.29. The van der Waals surface area contributed by atoms with Gasteiger partial charge in [-0.3, -0.25) is 4.55 Å². The minimum Gasteiger partial charge on any atom is -0.445 e. The van der Waals surface area contributed by atoms with Crippen LogP contribution >= 0.6 is 0 Å². The summed E-state index contributed by atoms with van der Waals surface area (Å²) in [5.74, 6) is 0. The summed E-state index contributed by atoms with van der Waals surface area (Å²) in [4.78, 5) is 11.0. The van der Waals surface area contributed by atoms with Crippen molar-refractivity contribution < 1.29 is 27.6 Å². The molecule has 8 heteroatoms. The Morgan fingerprint density at radius 2 is 1.69 bits per heavy atom. The first kappa shape index (κ1) is 21.6. The van der Waals surface area contributed by atoms with Crippen LogP contribution in [-0.2, 0) is 21.5 Å². The predicted octanol–water partition coefficient (Wildman–Crippen LogP) is 2.54. The average Bonchev–Trinajstić information content (AvgIpc) is 2.59. The van der Waals surface area contributed by atoms with Crippen LogP contribution in [0.2, 0.25) is 0 Å². The lowest BCUT2D eigenvalue weighted by Crippen LogP contribution is -2.30. The first-order chi connectivity index (χ1) is 12.2. The van der Waals surface area contributed by atoms with E-state index in [2.05, 4.69) is 5.32 Å². The number of ether oxygens (including phenoxy) is 1. The Hall–Kier alpha value is -2.42. The molecule has 0 saturated carbocycles. The molecule has 0 saturated heterocycles. The number of aliphatic hydroxyl groups is 1. The first-order valence-electron chi connectivity index (χ1n) is 7.85. The van der Waals surface area contributed by atoms with Gasteiger partial charge in [0, 0.05) is 6.54 Å². The van der Waals surface area contributed by atoms with E-state index in [1.54, 1.807) is 19.1 Å². The number of nitrogens with one attached hydrogen (secondary N) is 1. The Morgan fingerprint density at radius 3 is 2.19 bits per heavy atom. The van der Waals surface area contributed by atoms with Crippen molar-refractivity contribution >= 4 is 16.2 Å². The van der Waals surface area contributed by atoms with Crippen molar-refractivity contribution in [3.63, 3.8) is 0 Å². The molecule has 0 unspecified atom stereocenters. The lowest BCUT2D eigenvalue weighted by molar-refractivity contribution is 0.129. The highest BCUT2D eigenvalue weighted by molar-refractivity contribution is 7.85. The van der Waals surface area contributed by atoms with E-state index in [0.29, 0.717) is 0 Å². The number of aliphatic hydroxyl groups excluding tert-OH is 1. The van der Waals surface area contributed by atoms with Crippen LogP contribution in [0.3, 0.4) is 0 Å². The van der Waals surface area contributed by atoms with Gasteiger partial charge in [0.1, 0.15) is 6.61 Å². The van der Waals surface area contributed by atoms with Crippen LogP contribution in [0.5, 0.6) is 0 Å². The Bertz CT molecular complexity index is 773. The van der Waals surface area contributed by atoms with Gasteiger partial charge in [0.15, 0.2) is 0 Å². The smallest absolute Gasteiger partial charge is 0.407 e. The van der Waals surface area contributed by atoms with Gasteiger partial charge >= 0.3 is 6.09 Å². The van der Waals surface area contributed by atoms with Crippen molar-refractivity contribution in [3.05, 3.63) is 65.7 Å². The third kappa shape index (κ3) is 9.16. The maximum Gasteiger partial charge on any atom is 0.407 e. The van der Waals surface area contributed by atoms with Crippen molar-refractivity contribution in [2.24, 2.45) is 0 Å². The van der Waals surface area contributed by atoms with E-state index < -0.39 is 22.3 Å². The van der Waals surface area contributed by atoms with Crippen LogP contribution in [0, 0.1) is 6.92 Å². The van der Waals surface area contributed by atoms with Crippen molar-refractivity contribution in [2.75, 3.05) is 6.54 Å². The van der Waals surface area contributed by atoms with Gasteiger partial charge in [-0.05, 0) is 31.5 Å². The summed E-state index contributed by atoms with van der Waals surface area (Å²) < 4.78 is 34.5. The fourth-order valence-electron chi connectivity index (χ4n) is 1.72. The summed E-state index contributed by atoms with van der Waals surface area (Å²) >= 11 is 0. The molecule has 0 aliphatic heterocycles. The fourth-order valence-corrected chi connectivity index (χ4v) is 2.20. The quantitative estimate of drug-likeness (QED) is 0.686. The standard InChI is InChI=1S/C11H15NO3.C7H8O3S/c1-9(13)7-12-11(14)15-8-10-5-3-2-4-6-10;1-6-2-4-7(5-3-6)11(8,9)10/h2-6,9,13H,7-8H2,1H3,(H,12,14);2-5H,1H3,(H,8,9,10)/t9-;/m1./s1. The number of hydrogen-bond acceptors (Lipinski definition) is 5. The van der Waals surface area contributed by atoms with Gasteiger partial charge in [-0.25, -0.2) is 4.79 Å². The van der Waals surface area contributed by atoms with Crippen LogP contribution in [0.4, 0.5) is 4.79 Å². The summed E-state index contributed by atoms with van der Waals surface area (Å²) in [5, 5.41) is 11.4. The molecule has 0 bridgehead atoms. The van der Waals surface area contributed by atoms with E-state index in [0.717, 1.165) is 11.1 Å². The molecule has 7 nitrogen and oxygen atoms in total. The summed E-state index contributed by atoms with van der Waals surface area (Å²) in [7, 11) is -4.02. The molecule has 2 aromatic rings. The third-order valence-corrected chi connectivity index (χ3v) is 3.94. The van der Waals surface area contributed by atoms with Crippen molar-refractivity contribution in [2.45, 2.75) is 31.5 Å². The average molecular weight is 381 g/mol. The molecule has 1 amide bonds. The zero-order valence-corrected chi connectivity index (χ0v) is 15.4. The van der Waals surface area contributed by atoms with Crippen molar-refractivity contribution in [1.29, 1.82) is 0 Å². The number of amides is 1. The maximum absolute atomic E-state index is 11.1. The van der Waals surface area contributed by atoms with Crippen LogP contribution in [-0.4, -0.2) is 36.8 Å². The van der Waals surface area contributed by atoms with Crippen LogP contribution < -0.4 is 5.32 Å². The number of carbonyl (C=O) groups excluding carboxylic acids is 1. The molecule has 0 fully saturated rings. The van der Waals surface area contributed by atoms with Gasteiger partial charge in [-0.2, -0.15) is 8.42 Å². The Balaban J connectivity index is 0.000000273. The minimum atomic E-state index is -4.02.